The lowest BCUT2D eigenvalue weighted by Crippen LogP contribution is -2.43. The molecule has 0 radical (unpaired) electrons. The number of Topliss-reactive ketones (excluding diaryl/α,β-unsaturated/α-hetero) is 1. The van der Waals surface area contributed by atoms with Gasteiger partial charge in [-0.25, -0.2) is 9.59 Å². The largest absolute Gasteiger partial charge is 0.479 e. The third kappa shape index (κ3) is 5.12. The fourth-order valence-corrected chi connectivity index (χ4v) is 2.16. The summed E-state index contributed by atoms with van der Waals surface area (Å²) in [5, 5.41) is 21.4. The minimum absolute atomic E-state index is 0.00214. The van der Waals surface area contributed by atoms with E-state index < -0.39 is 36.5 Å². The van der Waals surface area contributed by atoms with Gasteiger partial charge in [0.1, 0.15) is 0 Å². The lowest BCUT2D eigenvalue weighted by Gasteiger charge is -2.29. The number of benzene rings is 1. The van der Waals surface area contributed by atoms with Gasteiger partial charge in [0, 0.05) is 10.5 Å². The van der Waals surface area contributed by atoms with Crippen LogP contribution in [0.15, 0.2) is 23.3 Å². The molecule has 0 unspecified atom stereocenters. The average Bonchev–Trinajstić information content (AvgIpc) is 2.62. The Labute approximate surface area is 149 Å². The first-order valence-electron chi connectivity index (χ1n) is 7.74. The van der Waals surface area contributed by atoms with Crippen molar-refractivity contribution in [2.45, 2.75) is 32.3 Å². The van der Waals surface area contributed by atoms with Gasteiger partial charge < -0.3 is 19.7 Å². The van der Waals surface area contributed by atoms with Gasteiger partial charge in [-0.1, -0.05) is 19.0 Å². The number of aliphatic carboxylic acids is 2. The summed E-state index contributed by atoms with van der Waals surface area (Å²) in [6.07, 6.45) is 0.323. The number of carboxylic acids is 2. The van der Waals surface area contributed by atoms with Crippen LogP contribution in [0.5, 0.6) is 11.5 Å². The van der Waals surface area contributed by atoms with Crippen LogP contribution >= 0.6 is 0 Å². The Bertz CT molecular complexity index is 737. The number of azide groups is 1. The fourth-order valence-electron chi connectivity index (χ4n) is 2.16. The zero-order valence-electron chi connectivity index (χ0n) is 14.3. The van der Waals surface area contributed by atoms with Gasteiger partial charge in [-0.15, -0.1) is 0 Å². The van der Waals surface area contributed by atoms with Crippen LogP contribution < -0.4 is 9.47 Å². The van der Waals surface area contributed by atoms with Crippen molar-refractivity contribution in [3.05, 3.63) is 34.2 Å². The number of rotatable bonds is 11. The molecule has 0 aliphatic rings. The Morgan fingerprint density at radius 3 is 2.35 bits per heavy atom. The summed E-state index contributed by atoms with van der Waals surface area (Å²) in [4.78, 5) is 36.8. The Kier molecular flexibility index (Phi) is 7.42. The van der Waals surface area contributed by atoms with Gasteiger partial charge >= 0.3 is 11.9 Å². The molecule has 10 heteroatoms. The van der Waals surface area contributed by atoms with E-state index in [4.69, 9.17) is 20.1 Å². The number of hydrogen-bond acceptors (Lipinski definition) is 6. The van der Waals surface area contributed by atoms with Gasteiger partial charge in [-0.2, -0.15) is 0 Å². The van der Waals surface area contributed by atoms with Crippen LogP contribution in [0.3, 0.4) is 0 Å². The van der Waals surface area contributed by atoms with Crippen LogP contribution in [-0.2, 0) is 9.59 Å². The molecule has 0 amide bonds. The first-order valence-corrected chi connectivity index (χ1v) is 7.74. The summed E-state index contributed by atoms with van der Waals surface area (Å²) in [5.74, 6) is -3.03. The minimum Gasteiger partial charge on any atom is -0.479 e. The molecule has 0 aliphatic carbocycles. The van der Waals surface area contributed by atoms with Crippen LogP contribution in [0.1, 0.15) is 37.0 Å². The van der Waals surface area contributed by atoms with Crippen LogP contribution in [0.25, 0.3) is 10.4 Å². The van der Waals surface area contributed by atoms with Gasteiger partial charge in [0.2, 0.25) is 5.60 Å². The molecule has 1 aromatic rings. The quantitative estimate of drug-likeness (QED) is 0.264. The van der Waals surface area contributed by atoms with Crippen LogP contribution in [0.2, 0.25) is 0 Å². The van der Waals surface area contributed by atoms with E-state index in [0.717, 1.165) is 0 Å². The second-order valence-corrected chi connectivity index (χ2v) is 5.26. The van der Waals surface area contributed by atoms with Crippen molar-refractivity contribution in [1.82, 2.24) is 0 Å². The molecule has 0 fully saturated rings. The molecule has 0 aliphatic heterocycles. The van der Waals surface area contributed by atoms with Crippen molar-refractivity contribution in [1.29, 1.82) is 0 Å². The second-order valence-electron chi connectivity index (χ2n) is 5.26. The van der Waals surface area contributed by atoms with E-state index in [2.05, 4.69) is 10.0 Å². The number of carboxylic acid groups (broad SMARTS) is 2. The van der Waals surface area contributed by atoms with E-state index in [-0.39, 0.29) is 29.9 Å². The van der Waals surface area contributed by atoms with E-state index in [1.807, 2.05) is 0 Å². The van der Waals surface area contributed by atoms with Gasteiger partial charge in [0.05, 0.1) is 6.54 Å². The van der Waals surface area contributed by atoms with Crippen molar-refractivity contribution in [3.63, 3.8) is 0 Å². The maximum absolute atomic E-state index is 11.9. The molecule has 140 valence electrons. The number of nitrogens with zero attached hydrogens (tertiary/aromatic N) is 3. The lowest BCUT2D eigenvalue weighted by atomic mass is 9.97. The molecule has 0 bridgehead atoms. The monoisotopic (exact) mass is 365 g/mol. The highest BCUT2D eigenvalue weighted by Gasteiger charge is 2.38. The smallest absolute Gasteiger partial charge is 0.348 e. The van der Waals surface area contributed by atoms with Crippen molar-refractivity contribution in [2.24, 2.45) is 5.11 Å². The second kappa shape index (κ2) is 9.28. The summed E-state index contributed by atoms with van der Waals surface area (Å²) < 4.78 is 10.8. The lowest BCUT2D eigenvalue weighted by molar-refractivity contribution is -0.156. The van der Waals surface area contributed by atoms with Crippen LogP contribution in [-0.4, -0.2) is 46.7 Å². The van der Waals surface area contributed by atoms with Crippen LogP contribution in [0.4, 0.5) is 0 Å². The van der Waals surface area contributed by atoms with Crippen LogP contribution in [0, 0.1) is 0 Å². The molecule has 0 saturated carbocycles. The van der Waals surface area contributed by atoms with Crippen molar-refractivity contribution >= 4 is 17.7 Å². The molecule has 0 aromatic heterocycles. The number of carbonyl (C=O) groups is 3. The van der Waals surface area contributed by atoms with Crippen molar-refractivity contribution in [3.8, 4) is 11.5 Å². The van der Waals surface area contributed by atoms with Gasteiger partial charge in [-0.05, 0) is 36.6 Å². The predicted octanol–water partition coefficient (Wildman–Crippen LogP) is 2.67. The highest BCUT2D eigenvalue weighted by Crippen LogP contribution is 2.34. The Hall–Kier alpha value is -3.26. The minimum atomic E-state index is -1.52. The maximum Gasteiger partial charge on any atom is 0.348 e. The molecule has 0 saturated heterocycles. The standard InChI is InChI=1S/C16H19N3O7/c1-3-16(4-2,15(23)24)26-12-6-5-10(11(20)8-18-19-17)7-13(12)25-9-14(21)22/h5-7H,3-4,8-9H2,1-2H3,(H,21,22)(H,23,24). The average molecular weight is 365 g/mol. The molecule has 1 aromatic carbocycles. The summed E-state index contributed by atoms with van der Waals surface area (Å²) in [6, 6.07) is 3.91. The summed E-state index contributed by atoms with van der Waals surface area (Å²) in [5.41, 5.74) is 6.87. The van der Waals surface area contributed by atoms with E-state index in [9.17, 15) is 19.5 Å². The van der Waals surface area contributed by atoms with Gasteiger partial charge in [0.25, 0.3) is 0 Å². The fraction of sp³-hybridized carbons (Fsp3) is 0.438. The van der Waals surface area contributed by atoms with Crippen molar-refractivity contribution < 1.29 is 34.1 Å². The highest BCUT2D eigenvalue weighted by atomic mass is 16.6. The normalized spacial score (nSPS) is 10.5. The molecule has 0 heterocycles. The van der Waals surface area contributed by atoms with Gasteiger partial charge in [0.15, 0.2) is 23.9 Å². The summed E-state index contributed by atoms with van der Waals surface area (Å²) in [6.45, 7) is 2.17. The third-order valence-electron chi connectivity index (χ3n) is 3.73. The first kappa shape index (κ1) is 20.8. The molecule has 1 rings (SSSR count). The zero-order valence-corrected chi connectivity index (χ0v) is 14.3. The molecular weight excluding hydrogens is 346 g/mol. The van der Waals surface area contributed by atoms with Crippen molar-refractivity contribution in [2.75, 3.05) is 13.2 Å². The van der Waals surface area contributed by atoms with E-state index in [1.54, 1.807) is 13.8 Å². The Morgan fingerprint density at radius 2 is 1.85 bits per heavy atom. The number of carbonyl (C=O) groups excluding carboxylic acids is 1. The van der Waals surface area contributed by atoms with E-state index >= 15 is 0 Å². The number of ether oxygens (including phenoxy) is 2. The predicted molar refractivity (Wildman–Crippen MR) is 89.5 cm³/mol. The highest BCUT2D eigenvalue weighted by molar-refractivity contribution is 5.98. The first-order chi connectivity index (χ1) is 12.3. The molecular formula is C16H19N3O7. The molecule has 0 spiro atoms. The summed E-state index contributed by atoms with van der Waals surface area (Å²) in [7, 11) is 0. The SMILES string of the molecule is CCC(CC)(Oc1ccc(C(=O)CN=[N+]=[N-])cc1OCC(=O)O)C(=O)O. The molecule has 10 nitrogen and oxygen atoms in total. The van der Waals surface area contributed by atoms with Gasteiger partial charge in [-0.3, -0.25) is 4.79 Å². The molecule has 26 heavy (non-hydrogen) atoms. The maximum atomic E-state index is 11.9. The summed E-state index contributed by atoms with van der Waals surface area (Å²) >= 11 is 0. The topological polar surface area (TPSA) is 159 Å². The van der Waals surface area contributed by atoms with E-state index in [1.165, 1.54) is 18.2 Å². The number of ketones is 1. The third-order valence-corrected chi connectivity index (χ3v) is 3.73. The number of hydrogen-bond donors (Lipinski definition) is 2. The van der Waals surface area contributed by atoms with E-state index in [0.29, 0.717) is 0 Å². The Morgan fingerprint density at radius 1 is 1.19 bits per heavy atom. The zero-order chi connectivity index (χ0) is 19.7. The molecule has 0 atom stereocenters. The Balaban J connectivity index is 3.28. The molecule has 2 N–H and O–H groups in total.